The maximum atomic E-state index is 5.40. The maximum absolute atomic E-state index is 5.40. The van der Waals surface area contributed by atoms with Crippen molar-refractivity contribution in [2.24, 2.45) is 0 Å². The number of nitrogens with zero attached hydrogens (tertiary/aromatic N) is 1. The van der Waals surface area contributed by atoms with Gasteiger partial charge in [0, 0.05) is 18.6 Å². The molecule has 1 aliphatic carbocycles. The molecular formula is C23H30N2O. The Morgan fingerprint density at radius 2 is 1.77 bits per heavy atom. The van der Waals surface area contributed by atoms with Crippen LogP contribution >= 0.6 is 0 Å². The predicted molar refractivity (Wildman–Crippen MR) is 107 cm³/mol. The number of benzene rings is 2. The Balaban J connectivity index is 1.27. The second kappa shape index (κ2) is 8.24. The molecule has 138 valence electrons. The Labute approximate surface area is 157 Å². The summed E-state index contributed by atoms with van der Waals surface area (Å²) < 4.78 is 5.40. The lowest BCUT2D eigenvalue weighted by molar-refractivity contribution is 0.181. The fourth-order valence-electron chi connectivity index (χ4n) is 4.44. The lowest BCUT2D eigenvalue weighted by Gasteiger charge is -2.36. The van der Waals surface area contributed by atoms with E-state index in [4.69, 9.17) is 4.74 Å². The molecule has 0 spiro atoms. The van der Waals surface area contributed by atoms with E-state index >= 15 is 0 Å². The zero-order valence-electron chi connectivity index (χ0n) is 15.8. The van der Waals surface area contributed by atoms with E-state index in [-0.39, 0.29) is 0 Å². The first kappa shape index (κ1) is 17.6. The predicted octanol–water partition coefficient (Wildman–Crippen LogP) is 3.81. The van der Waals surface area contributed by atoms with Gasteiger partial charge in [0.2, 0.25) is 0 Å². The highest BCUT2D eigenvalue weighted by Crippen LogP contribution is 2.26. The van der Waals surface area contributed by atoms with E-state index in [9.17, 15) is 0 Å². The monoisotopic (exact) mass is 350 g/mol. The lowest BCUT2D eigenvalue weighted by atomic mass is 9.87. The van der Waals surface area contributed by atoms with Crippen molar-refractivity contribution in [3.8, 4) is 5.75 Å². The number of hydrogen-bond donors (Lipinski definition) is 1. The Morgan fingerprint density at radius 3 is 2.54 bits per heavy atom. The van der Waals surface area contributed by atoms with E-state index in [0.29, 0.717) is 12.1 Å². The Bertz CT molecular complexity index is 707. The molecule has 3 heteroatoms. The summed E-state index contributed by atoms with van der Waals surface area (Å²) in [5, 5.41) is 3.95. The summed E-state index contributed by atoms with van der Waals surface area (Å²) >= 11 is 0. The molecule has 0 bridgehead atoms. The molecule has 0 radical (unpaired) electrons. The van der Waals surface area contributed by atoms with Crippen molar-refractivity contribution in [1.82, 2.24) is 10.2 Å². The summed E-state index contributed by atoms with van der Waals surface area (Å²) in [6, 6.07) is 18.7. The molecule has 4 rings (SSSR count). The van der Waals surface area contributed by atoms with Crippen LogP contribution in [-0.4, -0.2) is 37.2 Å². The number of nitrogens with one attached hydrogen (secondary N) is 1. The van der Waals surface area contributed by atoms with Crippen molar-refractivity contribution in [1.29, 1.82) is 0 Å². The molecule has 2 aromatic carbocycles. The highest BCUT2D eigenvalue weighted by molar-refractivity contribution is 5.37. The maximum Gasteiger partial charge on any atom is 0.119 e. The number of piperidine rings is 1. The minimum atomic E-state index is 0.611. The van der Waals surface area contributed by atoms with Crippen LogP contribution in [0.4, 0.5) is 0 Å². The lowest BCUT2D eigenvalue weighted by Crippen LogP contribution is -2.47. The third-order valence-corrected chi connectivity index (χ3v) is 5.95. The van der Waals surface area contributed by atoms with Crippen molar-refractivity contribution in [2.45, 2.75) is 50.7 Å². The summed E-state index contributed by atoms with van der Waals surface area (Å²) in [7, 11) is 1.75. The fourth-order valence-corrected chi connectivity index (χ4v) is 4.44. The number of fused-ring (bicyclic) bond motifs is 1. The molecule has 1 heterocycles. The average molecular weight is 351 g/mol. The molecule has 2 aromatic rings. The molecule has 0 aromatic heterocycles. The van der Waals surface area contributed by atoms with Crippen LogP contribution in [0.15, 0.2) is 48.5 Å². The first-order chi connectivity index (χ1) is 12.8. The van der Waals surface area contributed by atoms with Crippen LogP contribution in [0.5, 0.6) is 5.75 Å². The standard InChI is InChI=1S/C23H30N2O/c1-26-23-10-8-19-7-9-22(15-20(19)16-23)24-21-11-13-25(14-12-21)17-18-5-3-2-4-6-18/h2-6,8,10,16,21-22,24H,7,9,11-15,17H2,1H3. The van der Waals surface area contributed by atoms with Gasteiger partial charge in [-0.1, -0.05) is 36.4 Å². The summed E-state index contributed by atoms with van der Waals surface area (Å²) in [5.74, 6) is 0.985. The molecule has 1 saturated heterocycles. The average Bonchev–Trinajstić information content (AvgIpc) is 2.70. The zero-order chi connectivity index (χ0) is 17.8. The normalized spacial score (nSPS) is 21.3. The van der Waals surface area contributed by atoms with Gasteiger partial charge in [0.05, 0.1) is 7.11 Å². The van der Waals surface area contributed by atoms with E-state index in [1.54, 1.807) is 7.11 Å². The smallest absolute Gasteiger partial charge is 0.119 e. The number of aryl methyl sites for hydroxylation is 1. The number of ether oxygens (including phenoxy) is 1. The van der Waals surface area contributed by atoms with Gasteiger partial charge >= 0.3 is 0 Å². The van der Waals surface area contributed by atoms with E-state index in [1.807, 2.05) is 0 Å². The first-order valence-electron chi connectivity index (χ1n) is 9.98. The van der Waals surface area contributed by atoms with E-state index in [0.717, 1.165) is 18.7 Å². The molecule has 1 unspecified atom stereocenters. The van der Waals surface area contributed by atoms with Crippen LogP contribution in [0.2, 0.25) is 0 Å². The molecule has 26 heavy (non-hydrogen) atoms. The van der Waals surface area contributed by atoms with E-state index in [1.165, 1.54) is 55.5 Å². The number of rotatable bonds is 5. The quantitative estimate of drug-likeness (QED) is 0.887. The molecule has 1 fully saturated rings. The van der Waals surface area contributed by atoms with E-state index < -0.39 is 0 Å². The van der Waals surface area contributed by atoms with Crippen molar-refractivity contribution >= 4 is 0 Å². The van der Waals surface area contributed by atoms with E-state index in [2.05, 4.69) is 58.7 Å². The number of methoxy groups -OCH3 is 1. The molecule has 0 saturated carbocycles. The fraction of sp³-hybridized carbons (Fsp3) is 0.478. The highest BCUT2D eigenvalue weighted by Gasteiger charge is 2.24. The minimum absolute atomic E-state index is 0.611. The van der Waals surface area contributed by atoms with Gasteiger partial charge in [-0.2, -0.15) is 0 Å². The molecule has 1 aliphatic heterocycles. The van der Waals surface area contributed by atoms with Crippen molar-refractivity contribution in [2.75, 3.05) is 20.2 Å². The van der Waals surface area contributed by atoms with Crippen LogP contribution in [0.1, 0.15) is 36.0 Å². The van der Waals surface area contributed by atoms with Gasteiger partial charge in [-0.25, -0.2) is 0 Å². The van der Waals surface area contributed by atoms with Crippen molar-refractivity contribution in [3.63, 3.8) is 0 Å². The number of hydrogen-bond acceptors (Lipinski definition) is 3. The van der Waals surface area contributed by atoms with Crippen LogP contribution < -0.4 is 10.1 Å². The van der Waals surface area contributed by atoms with Gasteiger partial charge < -0.3 is 10.1 Å². The second-order valence-corrected chi connectivity index (χ2v) is 7.78. The van der Waals surface area contributed by atoms with Crippen LogP contribution in [0.3, 0.4) is 0 Å². The summed E-state index contributed by atoms with van der Waals surface area (Å²) in [5.41, 5.74) is 4.40. The first-order valence-corrected chi connectivity index (χ1v) is 9.98. The third-order valence-electron chi connectivity index (χ3n) is 5.95. The highest BCUT2D eigenvalue weighted by atomic mass is 16.5. The zero-order valence-corrected chi connectivity index (χ0v) is 15.8. The van der Waals surface area contributed by atoms with Gasteiger partial charge in [0.1, 0.15) is 5.75 Å². The molecule has 2 aliphatic rings. The van der Waals surface area contributed by atoms with Gasteiger partial charge in [-0.3, -0.25) is 4.90 Å². The molecular weight excluding hydrogens is 320 g/mol. The minimum Gasteiger partial charge on any atom is -0.497 e. The van der Waals surface area contributed by atoms with Gasteiger partial charge in [0.15, 0.2) is 0 Å². The third kappa shape index (κ3) is 4.28. The largest absolute Gasteiger partial charge is 0.497 e. The van der Waals surface area contributed by atoms with Gasteiger partial charge in [-0.05, 0) is 74.0 Å². The van der Waals surface area contributed by atoms with Crippen LogP contribution in [0.25, 0.3) is 0 Å². The van der Waals surface area contributed by atoms with Gasteiger partial charge in [-0.15, -0.1) is 0 Å². The summed E-state index contributed by atoms with van der Waals surface area (Å²) in [4.78, 5) is 2.59. The second-order valence-electron chi connectivity index (χ2n) is 7.78. The number of likely N-dealkylation sites (tertiary alicyclic amines) is 1. The molecule has 3 nitrogen and oxygen atoms in total. The Morgan fingerprint density at radius 1 is 0.962 bits per heavy atom. The van der Waals surface area contributed by atoms with Crippen molar-refractivity contribution in [3.05, 3.63) is 65.2 Å². The topological polar surface area (TPSA) is 24.5 Å². The van der Waals surface area contributed by atoms with Gasteiger partial charge in [0.25, 0.3) is 0 Å². The molecule has 1 N–H and O–H groups in total. The summed E-state index contributed by atoms with van der Waals surface area (Å²) in [6.45, 7) is 3.48. The molecule has 0 amide bonds. The SMILES string of the molecule is COc1ccc2c(c1)CC(NC1CCN(Cc3ccccc3)CC1)CC2. The Kier molecular flexibility index (Phi) is 5.57. The van der Waals surface area contributed by atoms with Crippen LogP contribution in [-0.2, 0) is 19.4 Å². The van der Waals surface area contributed by atoms with Crippen LogP contribution in [0, 0.1) is 0 Å². The van der Waals surface area contributed by atoms with Crippen molar-refractivity contribution < 1.29 is 4.74 Å². The summed E-state index contributed by atoms with van der Waals surface area (Å²) in [6.07, 6.45) is 6.09. The Hall–Kier alpha value is -1.84. The molecule has 1 atom stereocenters.